The number of nitrogens with one attached hydrogen (secondary N) is 2. The maximum Gasteiger partial charge on any atom is 0.410 e. The van der Waals surface area contributed by atoms with E-state index in [0.29, 0.717) is 5.92 Å². The van der Waals surface area contributed by atoms with Crippen LogP contribution in [0.4, 0.5) is 4.79 Å². The number of aliphatic imine (C=N–C) groups is 1. The van der Waals surface area contributed by atoms with Crippen molar-refractivity contribution in [3.8, 4) is 5.75 Å². The van der Waals surface area contributed by atoms with Crippen molar-refractivity contribution in [1.82, 2.24) is 15.5 Å². The first-order valence-corrected chi connectivity index (χ1v) is 10.4. The molecule has 0 aliphatic carbocycles. The van der Waals surface area contributed by atoms with Gasteiger partial charge in [0.25, 0.3) is 0 Å². The highest BCUT2D eigenvalue weighted by Crippen LogP contribution is 2.19. The van der Waals surface area contributed by atoms with Crippen LogP contribution in [0.25, 0.3) is 0 Å². The summed E-state index contributed by atoms with van der Waals surface area (Å²) in [5.41, 5.74) is 0.727. The molecule has 0 aromatic heterocycles. The lowest BCUT2D eigenvalue weighted by Gasteiger charge is -2.33. The quantitative estimate of drug-likeness (QED) is 0.332. The van der Waals surface area contributed by atoms with E-state index in [1.807, 2.05) is 43.9 Å². The molecule has 0 bridgehead atoms. The molecule has 0 unspecified atom stereocenters. The fraction of sp³-hybridized carbons (Fsp3) is 0.636. The first-order valence-electron chi connectivity index (χ1n) is 10.4. The standard InChI is InChI=1S/C22H36N4O3.HI/c1-22(2,3)29-21(27)26-14-11-17(12-15-26)16-25-20(23-4)24-13-10-18-8-6-7-9-19(18)28-5;/h6-9,17H,10-16H2,1-5H3,(H2,23,24,25);1H. The number of rotatable bonds is 6. The van der Waals surface area contributed by atoms with Crippen LogP contribution >= 0.6 is 24.0 Å². The number of likely N-dealkylation sites (tertiary alicyclic amines) is 1. The molecule has 30 heavy (non-hydrogen) atoms. The number of piperidine rings is 1. The van der Waals surface area contributed by atoms with E-state index in [-0.39, 0.29) is 30.1 Å². The number of hydrogen-bond acceptors (Lipinski definition) is 4. The molecule has 1 aromatic carbocycles. The Kier molecular flexibility index (Phi) is 11.3. The zero-order chi connectivity index (χ0) is 21.3. The predicted octanol–water partition coefficient (Wildman–Crippen LogP) is 3.67. The molecule has 1 amide bonds. The van der Waals surface area contributed by atoms with Crippen LogP contribution in [-0.4, -0.2) is 62.9 Å². The summed E-state index contributed by atoms with van der Waals surface area (Å²) in [5.74, 6) is 2.23. The van der Waals surface area contributed by atoms with Gasteiger partial charge in [-0.05, 0) is 57.6 Å². The lowest BCUT2D eigenvalue weighted by Crippen LogP contribution is -2.45. The average molecular weight is 532 g/mol. The van der Waals surface area contributed by atoms with Crippen LogP contribution in [0, 0.1) is 5.92 Å². The number of ether oxygens (including phenoxy) is 2. The first-order chi connectivity index (χ1) is 13.8. The van der Waals surface area contributed by atoms with E-state index < -0.39 is 5.60 Å². The molecular formula is C22H37IN4O3. The van der Waals surface area contributed by atoms with Gasteiger partial charge >= 0.3 is 6.09 Å². The molecule has 8 heteroatoms. The molecule has 2 N–H and O–H groups in total. The van der Waals surface area contributed by atoms with Crippen molar-refractivity contribution in [2.45, 2.75) is 45.6 Å². The van der Waals surface area contributed by atoms with Crippen LogP contribution in [0.15, 0.2) is 29.3 Å². The number of amides is 1. The maximum atomic E-state index is 12.2. The number of para-hydroxylation sites is 1. The van der Waals surface area contributed by atoms with Gasteiger partial charge in [-0.1, -0.05) is 18.2 Å². The molecule has 0 spiro atoms. The van der Waals surface area contributed by atoms with Crippen molar-refractivity contribution in [2.75, 3.05) is 40.3 Å². The van der Waals surface area contributed by atoms with E-state index in [4.69, 9.17) is 9.47 Å². The Morgan fingerprint density at radius 3 is 2.47 bits per heavy atom. The van der Waals surface area contributed by atoms with Crippen molar-refractivity contribution < 1.29 is 14.3 Å². The van der Waals surface area contributed by atoms with Gasteiger partial charge in [-0.15, -0.1) is 24.0 Å². The molecule has 0 radical (unpaired) electrons. The van der Waals surface area contributed by atoms with Gasteiger partial charge in [0.1, 0.15) is 11.4 Å². The van der Waals surface area contributed by atoms with Crippen LogP contribution in [0.1, 0.15) is 39.2 Å². The Labute approximate surface area is 198 Å². The van der Waals surface area contributed by atoms with Crippen molar-refractivity contribution in [2.24, 2.45) is 10.9 Å². The maximum absolute atomic E-state index is 12.2. The minimum absolute atomic E-state index is 0. The molecule has 170 valence electrons. The van der Waals surface area contributed by atoms with E-state index in [1.54, 1.807) is 14.2 Å². The highest BCUT2D eigenvalue weighted by Gasteiger charge is 2.26. The molecule has 1 saturated heterocycles. The zero-order valence-corrected chi connectivity index (χ0v) is 21.2. The molecule has 7 nitrogen and oxygen atoms in total. The molecule has 1 aliphatic rings. The van der Waals surface area contributed by atoms with Crippen LogP contribution in [0.2, 0.25) is 0 Å². The largest absolute Gasteiger partial charge is 0.496 e. The minimum atomic E-state index is -0.447. The highest BCUT2D eigenvalue weighted by molar-refractivity contribution is 14.0. The Hall–Kier alpha value is -1.71. The van der Waals surface area contributed by atoms with Gasteiger partial charge in [-0.2, -0.15) is 0 Å². The van der Waals surface area contributed by atoms with Gasteiger partial charge in [0.15, 0.2) is 5.96 Å². The average Bonchev–Trinajstić information content (AvgIpc) is 2.70. The Morgan fingerprint density at radius 1 is 1.20 bits per heavy atom. The number of carbonyl (C=O) groups excluding carboxylic acids is 1. The predicted molar refractivity (Wildman–Crippen MR) is 132 cm³/mol. The third-order valence-electron chi connectivity index (χ3n) is 4.93. The van der Waals surface area contributed by atoms with E-state index in [9.17, 15) is 4.79 Å². The second-order valence-electron chi connectivity index (χ2n) is 8.35. The summed E-state index contributed by atoms with van der Waals surface area (Å²) in [6.45, 7) is 8.78. The van der Waals surface area contributed by atoms with E-state index in [0.717, 1.165) is 57.2 Å². The van der Waals surface area contributed by atoms with Crippen LogP contribution in [-0.2, 0) is 11.2 Å². The van der Waals surface area contributed by atoms with Gasteiger partial charge in [-0.3, -0.25) is 4.99 Å². The lowest BCUT2D eigenvalue weighted by molar-refractivity contribution is 0.0185. The van der Waals surface area contributed by atoms with E-state index >= 15 is 0 Å². The smallest absolute Gasteiger partial charge is 0.410 e. The molecule has 0 saturated carbocycles. The highest BCUT2D eigenvalue weighted by atomic mass is 127. The molecular weight excluding hydrogens is 495 g/mol. The van der Waals surface area contributed by atoms with Crippen molar-refractivity contribution >= 4 is 36.0 Å². The van der Waals surface area contributed by atoms with Crippen molar-refractivity contribution in [3.63, 3.8) is 0 Å². The zero-order valence-electron chi connectivity index (χ0n) is 18.9. The van der Waals surface area contributed by atoms with E-state index in [2.05, 4.69) is 21.7 Å². The normalized spacial score (nSPS) is 15.2. The molecule has 1 fully saturated rings. The summed E-state index contributed by atoms with van der Waals surface area (Å²) >= 11 is 0. The number of guanidine groups is 1. The number of methoxy groups -OCH3 is 1. The Balaban J connectivity index is 0.00000450. The topological polar surface area (TPSA) is 75.2 Å². The van der Waals surface area contributed by atoms with Crippen LogP contribution < -0.4 is 15.4 Å². The number of benzene rings is 1. The molecule has 2 rings (SSSR count). The fourth-order valence-electron chi connectivity index (χ4n) is 3.33. The number of hydrogen-bond donors (Lipinski definition) is 2. The third-order valence-corrected chi connectivity index (χ3v) is 4.93. The lowest BCUT2D eigenvalue weighted by atomic mass is 9.97. The van der Waals surface area contributed by atoms with Gasteiger partial charge in [0, 0.05) is 33.2 Å². The molecule has 1 aromatic rings. The number of halogens is 1. The molecule has 0 atom stereocenters. The fourth-order valence-corrected chi connectivity index (χ4v) is 3.33. The first kappa shape index (κ1) is 26.3. The van der Waals surface area contributed by atoms with Crippen molar-refractivity contribution in [1.29, 1.82) is 0 Å². The summed E-state index contributed by atoms with van der Waals surface area (Å²) in [4.78, 5) is 18.3. The van der Waals surface area contributed by atoms with Gasteiger partial charge in [0.2, 0.25) is 0 Å². The van der Waals surface area contributed by atoms with Crippen LogP contribution in [0.3, 0.4) is 0 Å². The van der Waals surface area contributed by atoms with Gasteiger partial charge < -0.3 is 25.0 Å². The second-order valence-corrected chi connectivity index (χ2v) is 8.35. The number of carbonyl (C=O) groups is 1. The Bertz CT molecular complexity index is 683. The summed E-state index contributed by atoms with van der Waals surface area (Å²) in [6.07, 6.45) is 2.58. The van der Waals surface area contributed by atoms with E-state index in [1.165, 1.54) is 5.56 Å². The van der Waals surface area contributed by atoms with Gasteiger partial charge in [0.05, 0.1) is 7.11 Å². The summed E-state index contributed by atoms with van der Waals surface area (Å²) in [5, 5.41) is 6.77. The summed E-state index contributed by atoms with van der Waals surface area (Å²) < 4.78 is 10.9. The molecule has 1 heterocycles. The summed E-state index contributed by atoms with van der Waals surface area (Å²) in [6, 6.07) is 8.06. The van der Waals surface area contributed by atoms with Crippen molar-refractivity contribution in [3.05, 3.63) is 29.8 Å². The molecule has 1 aliphatic heterocycles. The summed E-state index contributed by atoms with van der Waals surface area (Å²) in [7, 11) is 3.48. The minimum Gasteiger partial charge on any atom is -0.496 e. The second kappa shape index (κ2) is 12.9. The SMILES string of the molecule is CN=C(NCCc1ccccc1OC)NCC1CCN(C(=O)OC(C)(C)C)CC1.I. The van der Waals surface area contributed by atoms with Crippen LogP contribution in [0.5, 0.6) is 5.75 Å². The van der Waals surface area contributed by atoms with Gasteiger partial charge in [-0.25, -0.2) is 4.79 Å². The monoisotopic (exact) mass is 532 g/mol. The Morgan fingerprint density at radius 2 is 1.87 bits per heavy atom. The number of nitrogens with zero attached hydrogens (tertiary/aromatic N) is 2. The third kappa shape index (κ3) is 8.97.